The molecule has 0 saturated heterocycles. The van der Waals surface area contributed by atoms with Crippen molar-refractivity contribution in [1.29, 1.82) is 0 Å². The van der Waals surface area contributed by atoms with Gasteiger partial charge in [0.15, 0.2) is 0 Å². The molecule has 0 spiro atoms. The molecule has 1 heterocycles. The fourth-order valence-electron chi connectivity index (χ4n) is 2.20. The number of fused-ring (bicyclic) bond motifs is 1. The Morgan fingerprint density at radius 2 is 2.00 bits per heavy atom. The number of carbonyl (C=O) groups is 1. The molecule has 0 saturated carbocycles. The Bertz CT molecular complexity index is 565. The zero-order valence-electron chi connectivity index (χ0n) is 9.90. The minimum Gasteiger partial charge on any atom is -0.399 e. The fraction of sp³-hybridized carbons (Fsp3) is 0.214. The summed E-state index contributed by atoms with van der Waals surface area (Å²) in [7, 11) is 0. The molecule has 0 fully saturated rings. The van der Waals surface area contributed by atoms with E-state index in [1.807, 2.05) is 18.2 Å². The van der Waals surface area contributed by atoms with E-state index in [-0.39, 0.29) is 5.91 Å². The van der Waals surface area contributed by atoms with Crippen LogP contribution in [0.3, 0.4) is 0 Å². The highest BCUT2D eigenvalue weighted by Crippen LogP contribution is 2.30. The van der Waals surface area contributed by atoms with Crippen molar-refractivity contribution in [3.63, 3.8) is 0 Å². The zero-order chi connectivity index (χ0) is 12.5. The average molecular weight is 258 g/mol. The Kier molecular flexibility index (Phi) is 2.80. The Morgan fingerprint density at radius 3 is 2.72 bits per heavy atom. The molecular weight excluding hydrogens is 244 g/mol. The molecule has 18 heavy (non-hydrogen) atoms. The van der Waals surface area contributed by atoms with E-state index in [1.165, 1.54) is 16.9 Å². The van der Waals surface area contributed by atoms with Gasteiger partial charge < -0.3 is 11.1 Å². The number of nitrogen functional groups attached to an aromatic ring is 1. The highest BCUT2D eigenvalue weighted by Gasteiger charge is 2.18. The molecule has 0 unspecified atom stereocenters. The van der Waals surface area contributed by atoms with Crippen molar-refractivity contribution in [3.05, 3.63) is 45.6 Å². The molecule has 1 amide bonds. The molecule has 1 aliphatic carbocycles. The highest BCUT2D eigenvalue weighted by atomic mass is 32.1. The number of rotatable bonds is 2. The van der Waals surface area contributed by atoms with Crippen molar-refractivity contribution in [2.24, 2.45) is 0 Å². The van der Waals surface area contributed by atoms with Gasteiger partial charge in [0.1, 0.15) is 0 Å². The number of hydrogen-bond donors (Lipinski definition) is 2. The van der Waals surface area contributed by atoms with Crippen molar-refractivity contribution in [2.45, 2.75) is 19.3 Å². The second kappa shape index (κ2) is 4.46. The first-order chi connectivity index (χ1) is 8.72. The van der Waals surface area contributed by atoms with E-state index in [2.05, 4.69) is 5.32 Å². The lowest BCUT2D eigenvalue weighted by atomic mass is 10.2. The van der Waals surface area contributed by atoms with Crippen molar-refractivity contribution < 1.29 is 4.79 Å². The van der Waals surface area contributed by atoms with Gasteiger partial charge in [-0.3, -0.25) is 4.79 Å². The first-order valence-electron chi connectivity index (χ1n) is 6.01. The maximum absolute atomic E-state index is 12.1. The van der Waals surface area contributed by atoms with Crippen LogP contribution in [0.4, 0.5) is 11.4 Å². The van der Waals surface area contributed by atoms with Gasteiger partial charge in [-0.2, -0.15) is 0 Å². The second-order valence-corrected chi connectivity index (χ2v) is 5.63. The normalized spacial score (nSPS) is 13.3. The van der Waals surface area contributed by atoms with E-state index >= 15 is 0 Å². The van der Waals surface area contributed by atoms with Gasteiger partial charge in [0.05, 0.1) is 4.88 Å². The SMILES string of the molecule is Nc1ccc(NC(=O)c2cc3c(s2)CCC3)cc1. The molecule has 3 rings (SSSR count). The summed E-state index contributed by atoms with van der Waals surface area (Å²) in [6.45, 7) is 0. The topological polar surface area (TPSA) is 55.1 Å². The third-order valence-electron chi connectivity index (χ3n) is 3.14. The highest BCUT2D eigenvalue weighted by molar-refractivity contribution is 7.14. The van der Waals surface area contributed by atoms with Gasteiger partial charge in [0, 0.05) is 16.3 Å². The number of thiophene rings is 1. The first-order valence-corrected chi connectivity index (χ1v) is 6.82. The van der Waals surface area contributed by atoms with Crippen LogP contribution in [0.15, 0.2) is 30.3 Å². The fourth-order valence-corrected chi connectivity index (χ4v) is 3.35. The molecule has 2 aromatic rings. The standard InChI is InChI=1S/C14H14N2OS/c15-10-4-6-11(7-5-10)16-14(17)13-8-9-2-1-3-12(9)18-13/h4-8H,1-3,15H2,(H,16,17). The molecule has 4 heteroatoms. The number of nitrogens with two attached hydrogens (primary N) is 1. The summed E-state index contributed by atoms with van der Waals surface area (Å²) >= 11 is 1.62. The van der Waals surface area contributed by atoms with E-state index in [1.54, 1.807) is 23.5 Å². The lowest BCUT2D eigenvalue weighted by Crippen LogP contribution is -2.10. The van der Waals surface area contributed by atoms with Gasteiger partial charge in [-0.1, -0.05) is 0 Å². The number of aryl methyl sites for hydroxylation is 2. The Morgan fingerprint density at radius 1 is 1.22 bits per heavy atom. The largest absolute Gasteiger partial charge is 0.399 e. The van der Waals surface area contributed by atoms with Crippen LogP contribution in [-0.4, -0.2) is 5.91 Å². The molecule has 1 aromatic heterocycles. The Hall–Kier alpha value is -1.81. The minimum absolute atomic E-state index is 0.0285. The van der Waals surface area contributed by atoms with E-state index < -0.39 is 0 Å². The maximum Gasteiger partial charge on any atom is 0.265 e. The van der Waals surface area contributed by atoms with E-state index in [0.717, 1.165) is 23.4 Å². The van der Waals surface area contributed by atoms with Gasteiger partial charge >= 0.3 is 0 Å². The summed E-state index contributed by atoms with van der Waals surface area (Å²) in [5, 5.41) is 2.89. The summed E-state index contributed by atoms with van der Waals surface area (Å²) in [5.74, 6) is -0.0285. The molecule has 0 aliphatic heterocycles. The molecule has 0 atom stereocenters. The van der Waals surface area contributed by atoms with Crippen LogP contribution >= 0.6 is 11.3 Å². The molecule has 3 N–H and O–H groups in total. The van der Waals surface area contributed by atoms with E-state index in [0.29, 0.717) is 5.69 Å². The number of hydrogen-bond acceptors (Lipinski definition) is 3. The first kappa shape index (κ1) is 11.3. The predicted molar refractivity (Wildman–Crippen MR) is 75.2 cm³/mol. The van der Waals surface area contributed by atoms with Crippen LogP contribution in [0.5, 0.6) is 0 Å². The molecule has 3 nitrogen and oxygen atoms in total. The Labute approximate surface area is 110 Å². The smallest absolute Gasteiger partial charge is 0.265 e. The van der Waals surface area contributed by atoms with Gasteiger partial charge in [-0.15, -0.1) is 11.3 Å². The van der Waals surface area contributed by atoms with Crippen molar-refractivity contribution in [3.8, 4) is 0 Å². The summed E-state index contributed by atoms with van der Waals surface area (Å²) < 4.78 is 0. The average Bonchev–Trinajstić information content (AvgIpc) is 2.92. The number of carbonyl (C=O) groups excluding carboxylic acids is 1. The van der Waals surface area contributed by atoms with Crippen molar-refractivity contribution in [2.75, 3.05) is 11.1 Å². The van der Waals surface area contributed by atoms with Crippen molar-refractivity contribution >= 4 is 28.6 Å². The molecular formula is C14H14N2OS. The summed E-state index contributed by atoms with van der Waals surface area (Å²) in [6, 6.07) is 9.22. The number of anilines is 2. The van der Waals surface area contributed by atoms with Crippen LogP contribution in [0, 0.1) is 0 Å². The maximum atomic E-state index is 12.1. The van der Waals surface area contributed by atoms with Crippen LogP contribution in [0.2, 0.25) is 0 Å². The lowest BCUT2D eigenvalue weighted by Gasteiger charge is -2.03. The second-order valence-electron chi connectivity index (χ2n) is 4.49. The minimum atomic E-state index is -0.0285. The molecule has 1 aliphatic rings. The monoisotopic (exact) mass is 258 g/mol. The molecule has 0 radical (unpaired) electrons. The Balaban J connectivity index is 1.76. The van der Waals surface area contributed by atoms with E-state index in [4.69, 9.17) is 5.73 Å². The summed E-state index contributed by atoms with van der Waals surface area (Å²) in [4.78, 5) is 14.2. The quantitative estimate of drug-likeness (QED) is 0.813. The molecule has 0 bridgehead atoms. The lowest BCUT2D eigenvalue weighted by molar-refractivity contribution is 0.103. The molecule has 92 valence electrons. The third kappa shape index (κ3) is 2.11. The van der Waals surface area contributed by atoms with E-state index in [9.17, 15) is 4.79 Å². The van der Waals surface area contributed by atoms with Gasteiger partial charge in [-0.25, -0.2) is 0 Å². The number of amides is 1. The number of nitrogens with one attached hydrogen (secondary N) is 1. The van der Waals surface area contributed by atoms with Gasteiger partial charge in [0.25, 0.3) is 5.91 Å². The number of benzene rings is 1. The zero-order valence-corrected chi connectivity index (χ0v) is 10.7. The van der Waals surface area contributed by atoms with Gasteiger partial charge in [0.2, 0.25) is 0 Å². The summed E-state index contributed by atoms with van der Waals surface area (Å²) in [6.07, 6.45) is 3.46. The predicted octanol–water partition coefficient (Wildman–Crippen LogP) is 3.07. The molecule has 1 aromatic carbocycles. The van der Waals surface area contributed by atoms with Crippen LogP contribution in [-0.2, 0) is 12.8 Å². The third-order valence-corrected chi connectivity index (χ3v) is 4.37. The van der Waals surface area contributed by atoms with Gasteiger partial charge in [-0.05, 0) is 55.2 Å². The summed E-state index contributed by atoms with van der Waals surface area (Å²) in [5.41, 5.74) is 8.43. The van der Waals surface area contributed by atoms with Crippen LogP contribution in [0.25, 0.3) is 0 Å². The van der Waals surface area contributed by atoms with Crippen LogP contribution < -0.4 is 11.1 Å². The van der Waals surface area contributed by atoms with Crippen molar-refractivity contribution in [1.82, 2.24) is 0 Å². The van der Waals surface area contributed by atoms with Crippen LogP contribution in [0.1, 0.15) is 26.5 Å².